The van der Waals surface area contributed by atoms with E-state index >= 15 is 0 Å². The molecule has 7 heteroatoms. The fraction of sp³-hybridized carbons (Fsp3) is 0.500. The summed E-state index contributed by atoms with van der Waals surface area (Å²) in [5, 5.41) is 3.98. The van der Waals surface area contributed by atoms with Crippen LogP contribution in [0.3, 0.4) is 0 Å². The third-order valence-corrected chi connectivity index (χ3v) is 3.62. The second-order valence-electron chi connectivity index (χ2n) is 4.71. The van der Waals surface area contributed by atoms with Crippen LogP contribution in [-0.2, 0) is 5.41 Å². The fourth-order valence-corrected chi connectivity index (χ4v) is 2.51. The number of hydrogen-bond acceptors (Lipinski definition) is 6. The molecular formula is C12H16ClN5O. The van der Waals surface area contributed by atoms with Crippen molar-refractivity contribution in [2.75, 3.05) is 6.54 Å². The molecule has 0 amide bonds. The van der Waals surface area contributed by atoms with Gasteiger partial charge in [-0.25, -0.2) is 4.98 Å². The van der Waals surface area contributed by atoms with Crippen molar-refractivity contribution in [3.8, 4) is 11.5 Å². The quantitative estimate of drug-likeness (QED) is 0.921. The van der Waals surface area contributed by atoms with Gasteiger partial charge in [0.15, 0.2) is 0 Å². The Morgan fingerprint density at radius 1 is 1.26 bits per heavy atom. The van der Waals surface area contributed by atoms with E-state index in [4.69, 9.17) is 10.3 Å². The van der Waals surface area contributed by atoms with E-state index in [0.717, 1.165) is 12.8 Å². The van der Waals surface area contributed by atoms with Crippen LogP contribution in [0.1, 0.15) is 31.6 Å². The van der Waals surface area contributed by atoms with Crippen molar-refractivity contribution >= 4 is 12.4 Å². The highest BCUT2D eigenvalue weighted by Crippen LogP contribution is 2.39. The molecule has 102 valence electrons. The van der Waals surface area contributed by atoms with E-state index in [1.165, 1.54) is 12.8 Å². The van der Waals surface area contributed by atoms with Gasteiger partial charge in [0.05, 0.1) is 11.6 Å². The molecule has 2 N–H and O–H groups in total. The summed E-state index contributed by atoms with van der Waals surface area (Å²) in [5.41, 5.74) is 6.38. The molecule has 0 bridgehead atoms. The van der Waals surface area contributed by atoms with Gasteiger partial charge in [0.25, 0.3) is 0 Å². The van der Waals surface area contributed by atoms with Crippen LogP contribution in [0.25, 0.3) is 11.5 Å². The molecule has 0 radical (unpaired) electrons. The third kappa shape index (κ3) is 2.46. The molecule has 0 saturated heterocycles. The molecule has 1 fully saturated rings. The van der Waals surface area contributed by atoms with Gasteiger partial charge >= 0.3 is 0 Å². The summed E-state index contributed by atoms with van der Waals surface area (Å²) in [6, 6.07) is 0. The van der Waals surface area contributed by atoms with Crippen molar-refractivity contribution < 1.29 is 4.52 Å². The van der Waals surface area contributed by atoms with Gasteiger partial charge in [-0.1, -0.05) is 18.0 Å². The van der Waals surface area contributed by atoms with Crippen molar-refractivity contribution in [2.45, 2.75) is 31.1 Å². The zero-order valence-electron chi connectivity index (χ0n) is 10.5. The third-order valence-electron chi connectivity index (χ3n) is 3.62. The topological polar surface area (TPSA) is 90.7 Å². The van der Waals surface area contributed by atoms with Crippen LogP contribution >= 0.6 is 12.4 Å². The summed E-state index contributed by atoms with van der Waals surface area (Å²) in [4.78, 5) is 12.6. The Labute approximate surface area is 117 Å². The minimum absolute atomic E-state index is 0. The molecule has 1 saturated carbocycles. The molecule has 2 aromatic heterocycles. The second-order valence-corrected chi connectivity index (χ2v) is 4.71. The Morgan fingerprint density at radius 3 is 2.68 bits per heavy atom. The molecule has 0 unspecified atom stereocenters. The molecule has 6 nitrogen and oxygen atoms in total. The van der Waals surface area contributed by atoms with Crippen molar-refractivity contribution in [1.29, 1.82) is 0 Å². The van der Waals surface area contributed by atoms with Crippen molar-refractivity contribution in [3.63, 3.8) is 0 Å². The lowest BCUT2D eigenvalue weighted by Crippen LogP contribution is -2.32. The standard InChI is InChI=1S/C12H15N5O.ClH/c13-8-12(3-1-2-4-12)11-16-10(17-18-11)9-7-14-5-6-15-9;/h5-7H,1-4,8,13H2;1H. The lowest BCUT2D eigenvalue weighted by atomic mass is 9.86. The van der Waals surface area contributed by atoms with Crippen LogP contribution in [0.2, 0.25) is 0 Å². The first-order valence-corrected chi connectivity index (χ1v) is 6.15. The number of rotatable bonds is 3. The fourth-order valence-electron chi connectivity index (χ4n) is 2.51. The average molecular weight is 282 g/mol. The second kappa shape index (κ2) is 5.63. The maximum absolute atomic E-state index is 5.89. The summed E-state index contributed by atoms with van der Waals surface area (Å²) in [7, 11) is 0. The van der Waals surface area contributed by atoms with Crippen LogP contribution in [-0.4, -0.2) is 26.7 Å². The molecular weight excluding hydrogens is 266 g/mol. The normalized spacial score (nSPS) is 17.1. The van der Waals surface area contributed by atoms with Gasteiger partial charge in [-0.15, -0.1) is 12.4 Å². The molecule has 1 aliphatic rings. The maximum Gasteiger partial charge on any atom is 0.234 e. The summed E-state index contributed by atoms with van der Waals surface area (Å²) in [6.45, 7) is 0.551. The molecule has 1 aliphatic carbocycles. The molecule has 2 heterocycles. The van der Waals surface area contributed by atoms with Crippen molar-refractivity contribution in [3.05, 3.63) is 24.5 Å². The molecule has 0 atom stereocenters. The van der Waals surface area contributed by atoms with E-state index in [1.54, 1.807) is 18.6 Å². The van der Waals surface area contributed by atoms with Gasteiger partial charge in [-0.05, 0) is 12.8 Å². The van der Waals surface area contributed by atoms with E-state index in [0.29, 0.717) is 24.0 Å². The highest BCUT2D eigenvalue weighted by molar-refractivity contribution is 5.85. The lowest BCUT2D eigenvalue weighted by molar-refractivity contribution is 0.284. The van der Waals surface area contributed by atoms with E-state index in [-0.39, 0.29) is 17.8 Å². The Kier molecular flexibility index (Phi) is 4.11. The Hall–Kier alpha value is -1.53. The lowest BCUT2D eigenvalue weighted by Gasteiger charge is -2.21. The number of hydrogen-bond donors (Lipinski definition) is 1. The van der Waals surface area contributed by atoms with E-state index < -0.39 is 0 Å². The first kappa shape index (κ1) is 13.9. The van der Waals surface area contributed by atoms with Crippen LogP contribution in [0.4, 0.5) is 0 Å². The van der Waals surface area contributed by atoms with Crippen molar-refractivity contribution in [2.24, 2.45) is 5.73 Å². The minimum Gasteiger partial charge on any atom is -0.338 e. The van der Waals surface area contributed by atoms with Gasteiger partial charge in [0.2, 0.25) is 11.7 Å². The van der Waals surface area contributed by atoms with E-state index in [9.17, 15) is 0 Å². The summed E-state index contributed by atoms with van der Waals surface area (Å²) < 4.78 is 5.39. The van der Waals surface area contributed by atoms with E-state index in [1.807, 2.05) is 0 Å². The highest BCUT2D eigenvalue weighted by Gasteiger charge is 2.39. The van der Waals surface area contributed by atoms with Gasteiger partial charge in [-0.2, -0.15) is 4.98 Å². The Bertz CT molecular complexity index is 524. The molecule has 3 rings (SSSR count). The first-order valence-electron chi connectivity index (χ1n) is 6.15. The number of nitrogens with zero attached hydrogens (tertiary/aromatic N) is 4. The Morgan fingerprint density at radius 2 is 2.05 bits per heavy atom. The van der Waals surface area contributed by atoms with Crippen LogP contribution in [0.15, 0.2) is 23.1 Å². The monoisotopic (exact) mass is 281 g/mol. The minimum atomic E-state index is -0.131. The maximum atomic E-state index is 5.89. The summed E-state index contributed by atoms with van der Waals surface area (Å²) in [5.74, 6) is 1.13. The molecule has 0 aliphatic heterocycles. The summed E-state index contributed by atoms with van der Waals surface area (Å²) >= 11 is 0. The molecule has 2 aromatic rings. The zero-order valence-corrected chi connectivity index (χ0v) is 11.3. The van der Waals surface area contributed by atoms with Gasteiger partial charge in [0, 0.05) is 18.9 Å². The Balaban J connectivity index is 0.00000133. The summed E-state index contributed by atoms with van der Waals surface area (Å²) in [6.07, 6.45) is 9.22. The van der Waals surface area contributed by atoms with Gasteiger partial charge < -0.3 is 10.3 Å². The van der Waals surface area contributed by atoms with E-state index in [2.05, 4.69) is 20.1 Å². The molecule has 0 spiro atoms. The van der Waals surface area contributed by atoms with Crippen LogP contribution in [0.5, 0.6) is 0 Å². The first-order chi connectivity index (χ1) is 8.84. The SMILES string of the molecule is Cl.NCC1(c2nc(-c3cnccn3)no2)CCCC1. The largest absolute Gasteiger partial charge is 0.338 e. The van der Waals surface area contributed by atoms with Crippen LogP contribution < -0.4 is 5.73 Å². The van der Waals surface area contributed by atoms with Crippen molar-refractivity contribution in [1.82, 2.24) is 20.1 Å². The number of halogens is 1. The predicted molar refractivity (Wildman–Crippen MR) is 71.8 cm³/mol. The average Bonchev–Trinajstić information content (AvgIpc) is 3.09. The predicted octanol–water partition coefficient (Wildman–Crippen LogP) is 1.72. The molecule has 19 heavy (non-hydrogen) atoms. The molecule has 0 aromatic carbocycles. The highest BCUT2D eigenvalue weighted by atomic mass is 35.5. The van der Waals surface area contributed by atoms with Crippen LogP contribution in [0, 0.1) is 0 Å². The number of nitrogens with two attached hydrogens (primary N) is 1. The number of aromatic nitrogens is 4. The van der Waals surface area contributed by atoms with Gasteiger partial charge in [-0.3, -0.25) is 4.98 Å². The van der Waals surface area contributed by atoms with Gasteiger partial charge in [0.1, 0.15) is 5.69 Å². The smallest absolute Gasteiger partial charge is 0.234 e. The zero-order chi connectivity index (χ0) is 12.4.